The quantitative estimate of drug-likeness (QED) is 0.684. The number of hydrogen-bond acceptors (Lipinski definition) is 2. The van der Waals surface area contributed by atoms with Crippen molar-refractivity contribution in [2.45, 2.75) is 27.2 Å². The Morgan fingerprint density at radius 1 is 1.29 bits per heavy atom. The molecule has 0 aromatic heterocycles. The monoisotopic (exact) mass is 200 g/mol. The zero-order valence-electron chi connectivity index (χ0n) is 8.70. The molecule has 0 spiro atoms. The molecule has 0 aromatic carbocycles. The van der Waals surface area contributed by atoms with Gasteiger partial charge in [0.05, 0.1) is 0 Å². The summed E-state index contributed by atoms with van der Waals surface area (Å²) in [6.45, 7) is 8.29. The van der Waals surface area contributed by atoms with E-state index in [2.05, 4.69) is 6.58 Å². The van der Waals surface area contributed by atoms with Gasteiger partial charge in [-0.3, -0.25) is 0 Å². The third-order valence-corrected chi connectivity index (χ3v) is 1.50. The van der Waals surface area contributed by atoms with E-state index >= 15 is 0 Å². The van der Waals surface area contributed by atoms with Gasteiger partial charge in [-0.1, -0.05) is 19.6 Å². The molecule has 0 aromatic rings. The summed E-state index contributed by atoms with van der Waals surface area (Å²) in [7, 11) is 0. The Bertz CT molecular complexity index is 251. The van der Waals surface area contributed by atoms with Crippen LogP contribution in [0.25, 0.3) is 0 Å². The van der Waals surface area contributed by atoms with Gasteiger partial charge in [0.25, 0.3) is 0 Å². The first kappa shape index (κ1) is 14.9. The lowest BCUT2D eigenvalue weighted by Gasteiger charge is -1.87. The number of hydrogen-bond donors (Lipinski definition) is 2. The van der Waals surface area contributed by atoms with Crippen LogP contribution in [-0.4, -0.2) is 22.2 Å². The average molecular weight is 200 g/mol. The number of carboxylic acids is 2. The van der Waals surface area contributed by atoms with Gasteiger partial charge in [-0.05, 0) is 20.3 Å². The van der Waals surface area contributed by atoms with Crippen molar-refractivity contribution in [1.29, 1.82) is 0 Å². The fourth-order valence-electron chi connectivity index (χ4n) is 0.275. The third-order valence-electron chi connectivity index (χ3n) is 1.50. The summed E-state index contributed by atoms with van der Waals surface area (Å²) in [4.78, 5) is 19.7. The molecule has 0 aliphatic rings. The van der Waals surface area contributed by atoms with Gasteiger partial charge in [-0.2, -0.15) is 0 Å². The number of allylic oxidation sites excluding steroid dienone is 1. The molecule has 0 atom stereocenters. The molecule has 2 N–H and O–H groups in total. The molecule has 4 heteroatoms. The first-order valence-corrected chi connectivity index (χ1v) is 4.14. The maximum absolute atomic E-state index is 9.86. The maximum Gasteiger partial charge on any atom is 0.330 e. The molecular formula is C10H16O4. The predicted molar refractivity (Wildman–Crippen MR) is 54.1 cm³/mol. The van der Waals surface area contributed by atoms with E-state index in [1.165, 1.54) is 0 Å². The summed E-state index contributed by atoms with van der Waals surface area (Å²) >= 11 is 0. The van der Waals surface area contributed by atoms with E-state index in [9.17, 15) is 9.59 Å². The Morgan fingerprint density at radius 3 is 1.71 bits per heavy atom. The number of carboxylic acid groups (broad SMARTS) is 2. The summed E-state index contributed by atoms with van der Waals surface area (Å²) in [5.74, 6) is -1.75. The molecule has 0 saturated heterocycles. The second kappa shape index (κ2) is 8.04. The SMILES string of the molecule is C/C=C(\C)C(=O)O.C=C(CC)C(=O)O. The van der Waals surface area contributed by atoms with E-state index in [0.717, 1.165) is 0 Å². The van der Waals surface area contributed by atoms with E-state index in [0.29, 0.717) is 12.0 Å². The normalized spacial score (nSPS) is 9.79. The maximum atomic E-state index is 9.86. The topological polar surface area (TPSA) is 74.6 Å². The molecular weight excluding hydrogens is 184 g/mol. The van der Waals surface area contributed by atoms with Gasteiger partial charge in [0.1, 0.15) is 0 Å². The van der Waals surface area contributed by atoms with E-state index in [4.69, 9.17) is 10.2 Å². The predicted octanol–water partition coefficient (Wildman–Crippen LogP) is 2.07. The molecule has 80 valence electrons. The van der Waals surface area contributed by atoms with Crippen LogP contribution in [0.5, 0.6) is 0 Å². The van der Waals surface area contributed by atoms with E-state index < -0.39 is 11.9 Å². The number of rotatable bonds is 3. The number of aliphatic carboxylic acids is 2. The lowest BCUT2D eigenvalue weighted by molar-refractivity contribution is -0.133. The van der Waals surface area contributed by atoms with Crippen molar-refractivity contribution >= 4 is 11.9 Å². The van der Waals surface area contributed by atoms with E-state index in [1.807, 2.05) is 0 Å². The highest BCUT2D eigenvalue weighted by molar-refractivity contribution is 5.85. The van der Waals surface area contributed by atoms with Crippen LogP contribution in [0.1, 0.15) is 27.2 Å². The molecule has 0 unspecified atom stereocenters. The van der Waals surface area contributed by atoms with Crippen molar-refractivity contribution in [1.82, 2.24) is 0 Å². The highest BCUT2D eigenvalue weighted by Crippen LogP contribution is 1.93. The largest absolute Gasteiger partial charge is 0.478 e. The van der Waals surface area contributed by atoms with Gasteiger partial charge in [-0.15, -0.1) is 0 Å². The molecule has 0 aliphatic carbocycles. The first-order valence-electron chi connectivity index (χ1n) is 4.14. The van der Waals surface area contributed by atoms with Crippen LogP contribution in [0, 0.1) is 0 Å². The van der Waals surface area contributed by atoms with Crippen LogP contribution in [0.4, 0.5) is 0 Å². The molecule has 0 bridgehead atoms. The van der Waals surface area contributed by atoms with Gasteiger partial charge < -0.3 is 10.2 Å². The van der Waals surface area contributed by atoms with Crippen LogP contribution in [0.2, 0.25) is 0 Å². The van der Waals surface area contributed by atoms with E-state index in [-0.39, 0.29) is 5.57 Å². The average Bonchev–Trinajstić information content (AvgIpc) is 2.15. The second-order valence-corrected chi connectivity index (χ2v) is 2.54. The van der Waals surface area contributed by atoms with Crippen LogP contribution < -0.4 is 0 Å². The summed E-state index contributed by atoms with van der Waals surface area (Å²) in [6, 6.07) is 0. The Kier molecular flexibility index (Phi) is 8.57. The second-order valence-electron chi connectivity index (χ2n) is 2.54. The minimum atomic E-state index is -0.900. The Hall–Kier alpha value is -1.58. The van der Waals surface area contributed by atoms with Crippen molar-refractivity contribution < 1.29 is 19.8 Å². The van der Waals surface area contributed by atoms with Gasteiger partial charge in [0.2, 0.25) is 0 Å². The molecule has 0 rings (SSSR count). The number of carbonyl (C=O) groups is 2. The highest BCUT2D eigenvalue weighted by Gasteiger charge is 1.96. The van der Waals surface area contributed by atoms with Crippen LogP contribution in [0.3, 0.4) is 0 Å². The van der Waals surface area contributed by atoms with Crippen molar-refractivity contribution in [3.63, 3.8) is 0 Å². The molecule has 4 nitrogen and oxygen atoms in total. The Balaban J connectivity index is 0. The standard InChI is InChI=1S/2C5H8O2/c2*1-3-4(2)5(6)7/h3H,1-2H3,(H,6,7);2-3H2,1H3,(H,6,7)/b4-3+;. The molecule has 0 aliphatic heterocycles. The van der Waals surface area contributed by atoms with Crippen LogP contribution in [-0.2, 0) is 9.59 Å². The smallest absolute Gasteiger partial charge is 0.330 e. The minimum Gasteiger partial charge on any atom is -0.478 e. The fourth-order valence-corrected chi connectivity index (χ4v) is 0.275. The third kappa shape index (κ3) is 8.52. The highest BCUT2D eigenvalue weighted by atomic mass is 16.4. The van der Waals surface area contributed by atoms with Crippen molar-refractivity contribution in [3.05, 3.63) is 23.8 Å². The molecule has 0 radical (unpaired) electrons. The fraction of sp³-hybridized carbons (Fsp3) is 0.400. The molecule has 0 amide bonds. The lowest BCUT2D eigenvalue weighted by atomic mass is 10.2. The van der Waals surface area contributed by atoms with Gasteiger partial charge in [0, 0.05) is 11.1 Å². The van der Waals surface area contributed by atoms with Crippen LogP contribution >= 0.6 is 0 Å². The molecule has 0 heterocycles. The van der Waals surface area contributed by atoms with Gasteiger partial charge in [-0.25, -0.2) is 9.59 Å². The molecule has 14 heavy (non-hydrogen) atoms. The van der Waals surface area contributed by atoms with Crippen molar-refractivity contribution in [3.8, 4) is 0 Å². The lowest BCUT2D eigenvalue weighted by Crippen LogP contribution is -1.95. The summed E-state index contributed by atoms with van der Waals surface area (Å²) in [5.41, 5.74) is 0.653. The summed E-state index contributed by atoms with van der Waals surface area (Å²) in [5, 5.41) is 16.2. The zero-order valence-corrected chi connectivity index (χ0v) is 8.70. The molecule has 0 saturated carbocycles. The summed E-state index contributed by atoms with van der Waals surface area (Å²) < 4.78 is 0. The Morgan fingerprint density at radius 2 is 1.71 bits per heavy atom. The Labute approximate surface area is 83.6 Å². The van der Waals surface area contributed by atoms with E-state index in [1.54, 1.807) is 26.8 Å². The van der Waals surface area contributed by atoms with Crippen LogP contribution in [0.15, 0.2) is 23.8 Å². The summed E-state index contributed by atoms with van der Waals surface area (Å²) in [6.07, 6.45) is 2.08. The zero-order chi connectivity index (χ0) is 11.7. The van der Waals surface area contributed by atoms with Gasteiger partial charge in [0.15, 0.2) is 0 Å². The van der Waals surface area contributed by atoms with Gasteiger partial charge >= 0.3 is 11.9 Å². The first-order chi connectivity index (χ1) is 6.36. The van der Waals surface area contributed by atoms with Crippen molar-refractivity contribution in [2.24, 2.45) is 0 Å². The van der Waals surface area contributed by atoms with Crippen molar-refractivity contribution in [2.75, 3.05) is 0 Å². The molecule has 0 fully saturated rings. The minimum absolute atomic E-state index is 0.264.